The number of amides is 2. The molecule has 2 saturated heterocycles. The van der Waals surface area contributed by atoms with Gasteiger partial charge >= 0.3 is 0 Å². The van der Waals surface area contributed by atoms with Gasteiger partial charge in [-0.3, -0.25) is 9.59 Å². The smallest absolute Gasteiger partial charge is 0.228 e. The number of piperazine rings is 1. The van der Waals surface area contributed by atoms with Gasteiger partial charge in [0.2, 0.25) is 11.8 Å². The largest absolute Gasteiger partial charge is 0.494 e. The van der Waals surface area contributed by atoms with Crippen LogP contribution in [0.2, 0.25) is 0 Å². The fourth-order valence-corrected chi connectivity index (χ4v) is 4.28. The fourth-order valence-electron chi connectivity index (χ4n) is 4.28. The number of anilines is 2. The van der Waals surface area contributed by atoms with Crippen LogP contribution in [-0.2, 0) is 9.59 Å². The van der Waals surface area contributed by atoms with Crippen molar-refractivity contribution in [2.45, 2.75) is 20.3 Å². The quantitative estimate of drug-likeness (QED) is 0.764. The van der Waals surface area contributed by atoms with E-state index in [0.717, 1.165) is 24.5 Å². The van der Waals surface area contributed by atoms with Gasteiger partial charge in [0.25, 0.3) is 0 Å². The normalized spacial score (nSPS) is 19.3. The molecule has 6 nitrogen and oxygen atoms in total. The molecule has 6 heteroatoms. The molecule has 0 spiro atoms. The second kappa shape index (κ2) is 8.78. The van der Waals surface area contributed by atoms with Crippen molar-refractivity contribution in [2.75, 3.05) is 49.1 Å². The number of nitrogens with zero attached hydrogens (tertiary/aromatic N) is 3. The first-order valence-electron chi connectivity index (χ1n) is 10.7. The van der Waals surface area contributed by atoms with E-state index in [1.54, 1.807) is 4.90 Å². The van der Waals surface area contributed by atoms with E-state index < -0.39 is 0 Å². The Balaban J connectivity index is 1.35. The summed E-state index contributed by atoms with van der Waals surface area (Å²) in [5, 5.41) is 0. The highest BCUT2D eigenvalue weighted by Crippen LogP contribution is 2.28. The van der Waals surface area contributed by atoms with Gasteiger partial charge in [-0.15, -0.1) is 0 Å². The van der Waals surface area contributed by atoms with E-state index >= 15 is 0 Å². The number of carbonyl (C=O) groups is 2. The van der Waals surface area contributed by atoms with Gasteiger partial charge in [0.1, 0.15) is 5.75 Å². The number of aryl methyl sites for hydroxylation is 1. The fraction of sp³-hybridized carbons (Fsp3) is 0.417. The van der Waals surface area contributed by atoms with Crippen LogP contribution in [0.1, 0.15) is 18.9 Å². The second-order valence-corrected chi connectivity index (χ2v) is 7.98. The van der Waals surface area contributed by atoms with Gasteiger partial charge in [0.15, 0.2) is 0 Å². The number of carbonyl (C=O) groups excluding carboxylic acids is 2. The van der Waals surface area contributed by atoms with Crippen molar-refractivity contribution < 1.29 is 14.3 Å². The molecule has 0 aromatic heterocycles. The van der Waals surface area contributed by atoms with Gasteiger partial charge in [-0.25, -0.2) is 0 Å². The molecule has 0 saturated carbocycles. The van der Waals surface area contributed by atoms with Crippen molar-refractivity contribution in [2.24, 2.45) is 5.92 Å². The molecule has 2 aromatic rings. The van der Waals surface area contributed by atoms with Gasteiger partial charge in [0.05, 0.1) is 12.5 Å². The van der Waals surface area contributed by atoms with Crippen LogP contribution in [0.5, 0.6) is 5.75 Å². The Labute approximate surface area is 178 Å². The van der Waals surface area contributed by atoms with Crippen molar-refractivity contribution in [1.82, 2.24) is 4.90 Å². The van der Waals surface area contributed by atoms with E-state index in [0.29, 0.717) is 26.2 Å². The Kier molecular flexibility index (Phi) is 5.93. The molecular weight excluding hydrogens is 378 g/mol. The minimum atomic E-state index is -0.269. The Morgan fingerprint density at radius 3 is 2.43 bits per heavy atom. The highest BCUT2D eigenvalue weighted by Gasteiger charge is 2.38. The van der Waals surface area contributed by atoms with Crippen molar-refractivity contribution in [3.8, 4) is 5.75 Å². The number of ether oxygens (including phenoxy) is 1. The van der Waals surface area contributed by atoms with Gasteiger partial charge in [-0.05, 0) is 55.8 Å². The topological polar surface area (TPSA) is 53.1 Å². The Morgan fingerprint density at radius 2 is 1.77 bits per heavy atom. The first-order valence-corrected chi connectivity index (χ1v) is 10.7. The molecule has 0 N–H and O–H groups in total. The lowest BCUT2D eigenvalue weighted by molar-refractivity contribution is -0.136. The summed E-state index contributed by atoms with van der Waals surface area (Å²) in [7, 11) is 0. The third-order valence-electron chi connectivity index (χ3n) is 5.89. The maximum Gasteiger partial charge on any atom is 0.228 e. The zero-order chi connectivity index (χ0) is 21.1. The standard InChI is InChI=1S/C24H29N3O3/c1-3-30-22-9-7-20(8-10-22)27-17-19(16-23(27)28)24(29)26-13-11-25(12-14-26)21-6-4-5-18(2)15-21/h4-10,15,19H,3,11-14,16-17H2,1-2H3. The van der Waals surface area contributed by atoms with E-state index in [1.807, 2.05) is 36.1 Å². The molecule has 0 bridgehead atoms. The Morgan fingerprint density at radius 1 is 1.03 bits per heavy atom. The van der Waals surface area contributed by atoms with Crippen LogP contribution in [-0.4, -0.2) is 56.0 Å². The molecule has 2 aliphatic rings. The minimum absolute atomic E-state index is 0.0101. The predicted octanol–water partition coefficient (Wildman–Crippen LogP) is 3.10. The molecule has 2 amide bonds. The molecule has 4 rings (SSSR count). The molecule has 0 radical (unpaired) electrons. The van der Waals surface area contributed by atoms with Crippen LogP contribution in [0.15, 0.2) is 48.5 Å². The molecule has 2 fully saturated rings. The summed E-state index contributed by atoms with van der Waals surface area (Å²) >= 11 is 0. The summed E-state index contributed by atoms with van der Waals surface area (Å²) in [5.41, 5.74) is 3.27. The first-order chi connectivity index (χ1) is 14.5. The van der Waals surface area contributed by atoms with Crippen LogP contribution in [0.25, 0.3) is 0 Å². The summed E-state index contributed by atoms with van der Waals surface area (Å²) in [6.45, 7) is 8.11. The lowest BCUT2D eigenvalue weighted by Crippen LogP contribution is -2.50. The Bertz CT molecular complexity index is 904. The average molecular weight is 408 g/mol. The summed E-state index contributed by atoms with van der Waals surface area (Å²) in [4.78, 5) is 31.6. The zero-order valence-corrected chi connectivity index (χ0v) is 17.7. The zero-order valence-electron chi connectivity index (χ0n) is 17.7. The van der Waals surface area contributed by atoms with E-state index in [2.05, 4.69) is 36.1 Å². The summed E-state index contributed by atoms with van der Waals surface area (Å²) in [6.07, 6.45) is 0.282. The number of hydrogen-bond donors (Lipinski definition) is 0. The highest BCUT2D eigenvalue weighted by molar-refractivity contribution is 6.00. The Hall–Kier alpha value is -3.02. The van der Waals surface area contributed by atoms with Crippen molar-refractivity contribution in [3.63, 3.8) is 0 Å². The maximum atomic E-state index is 13.1. The summed E-state index contributed by atoms with van der Waals surface area (Å²) < 4.78 is 5.47. The summed E-state index contributed by atoms with van der Waals surface area (Å²) in [6, 6.07) is 16.0. The SMILES string of the molecule is CCOc1ccc(N2CC(C(=O)N3CCN(c4cccc(C)c4)CC3)CC2=O)cc1. The van der Waals surface area contributed by atoms with Gasteiger partial charge in [0, 0.05) is 50.5 Å². The van der Waals surface area contributed by atoms with Gasteiger partial charge < -0.3 is 19.4 Å². The summed E-state index contributed by atoms with van der Waals surface area (Å²) in [5.74, 6) is 0.623. The van der Waals surface area contributed by atoms with Crippen molar-refractivity contribution in [1.29, 1.82) is 0 Å². The second-order valence-electron chi connectivity index (χ2n) is 7.98. The van der Waals surface area contributed by atoms with Crippen LogP contribution in [0.4, 0.5) is 11.4 Å². The molecule has 2 aromatic carbocycles. The molecule has 2 aliphatic heterocycles. The molecule has 30 heavy (non-hydrogen) atoms. The number of rotatable bonds is 5. The van der Waals surface area contributed by atoms with E-state index in [-0.39, 0.29) is 24.2 Å². The maximum absolute atomic E-state index is 13.1. The molecular formula is C24H29N3O3. The van der Waals surface area contributed by atoms with E-state index in [4.69, 9.17) is 4.74 Å². The highest BCUT2D eigenvalue weighted by atomic mass is 16.5. The van der Waals surface area contributed by atoms with Gasteiger partial charge in [-0.2, -0.15) is 0 Å². The average Bonchev–Trinajstić information content (AvgIpc) is 3.16. The molecule has 2 heterocycles. The lowest BCUT2D eigenvalue weighted by atomic mass is 10.1. The minimum Gasteiger partial charge on any atom is -0.494 e. The third kappa shape index (κ3) is 4.27. The van der Waals surface area contributed by atoms with Crippen molar-refractivity contribution >= 4 is 23.2 Å². The molecule has 0 aliphatic carbocycles. The van der Waals surface area contributed by atoms with Crippen LogP contribution in [0.3, 0.4) is 0 Å². The monoisotopic (exact) mass is 407 g/mol. The predicted molar refractivity (Wildman–Crippen MR) is 118 cm³/mol. The van der Waals surface area contributed by atoms with Crippen LogP contribution in [0, 0.1) is 12.8 Å². The van der Waals surface area contributed by atoms with Gasteiger partial charge in [-0.1, -0.05) is 12.1 Å². The van der Waals surface area contributed by atoms with E-state index in [9.17, 15) is 9.59 Å². The molecule has 158 valence electrons. The number of benzene rings is 2. The number of hydrogen-bond acceptors (Lipinski definition) is 4. The van der Waals surface area contributed by atoms with Crippen LogP contribution >= 0.6 is 0 Å². The third-order valence-corrected chi connectivity index (χ3v) is 5.89. The molecule has 1 atom stereocenters. The lowest BCUT2D eigenvalue weighted by Gasteiger charge is -2.37. The van der Waals surface area contributed by atoms with Crippen molar-refractivity contribution in [3.05, 3.63) is 54.1 Å². The first kappa shape index (κ1) is 20.3. The van der Waals surface area contributed by atoms with E-state index in [1.165, 1.54) is 11.3 Å². The molecule has 1 unspecified atom stereocenters. The van der Waals surface area contributed by atoms with Crippen LogP contribution < -0.4 is 14.5 Å².